The predicted molar refractivity (Wildman–Crippen MR) is 37.5 cm³/mol. The molecule has 0 N–H and O–H groups in total. The lowest BCUT2D eigenvalue weighted by Crippen LogP contribution is -2.25. The molecular weight excluding hydrogens is 210 g/mol. The van der Waals surface area contributed by atoms with E-state index >= 15 is 0 Å². The molecule has 0 aliphatic rings. The van der Waals surface area contributed by atoms with E-state index in [2.05, 4.69) is 0 Å². The third-order valence-electron chi connectivity index (χ3n) is 1.00. The molecular formula is C8H6F6. The van der Waals surface area contributed by atoms with Crippen LogP contribution in [-0.2, 0) is 0 Å². The second-order valence-electron chi connectivity index (χ2n) is 2.62. The van der Waals surface area contributed by atoms with Crippen LogP contribution >= 0.6 is 0 Å². The van der Waals surface area contributed by atoms with Crippen molar-refractivity contribution in [3.05, 3.63) is 22.6 Å². The molecule has 0 aromatic heterocycles. The van der Waals surface area contributed by atoms with E-state index in [0.717, 1.165) is 5.73 Å². The fourth-order valence-corrected chi connectivity index (χ4v) is 0.490. The maximum absolute atomic E-state index is 11.8. The molecule has 0 bridgehead atoms. The zero-order valence-corrected chi connectivity index (χ0v) is 7.27. The van der Waals surface area contributed by atoms with Gasteiger partial charge in [0, 0.05) is 0 Å². The molecule has 0 radical (unpaired) electrons. The standard InChI is InChI=1S/C8H6F6/c1-5(2)3-4-6(7(9,10)11)8(12,13)14/h1-2H3. The Labute approximate surface area is 76.2 Å². The highest BCUT2D eigenvalue weighted by atomic mass is 19.4. The average Bonchev–Trinajstić information content (AvgIpc) is 1.78. The second kappa shape index (κ2) is 3.95. The van der Waals surface area contributed by atoms with Gasteiger partial charge in [-0.2, -0.15) is 26.3 Å². The van der Waals surface area contributed by atoms with Gasteiger partial charge >= 0.3 is 12.4 Å². The zero-order valence-electron chi connectivity index (χ0n) is 7.27. The molecule has 0 nitrogen and oxygen atoms in total. The Morgan fingerprint density at radius 2 is 1.14 bits per heavy atom. The monoisotopic (exact) mass is 216 g/mol. The number of hydrogen-bond acceptors (Lipinski definition) is 0. The molecule has 0 saturated carbocycles. The molecule has 0 atom stereocenters. The van der Waals surface area contributed by atoms with Crippen LogP contribution in [0.25, 0.3) is 0 Å². The summed E-state index contributed by atoms with van der Waals surface area (Å²) >= 11 is 0. The molecule has 0 aliphatic carbocycles. The van der Waals surface area contributed by atoms with Gasteiger partial charge in [0.25, 0.3) is 0 Å². The van der Waals surface area contributed by atoms with E-state index in [9.17, 15) is 26.3 Å². The van der Waals surface area contributed by atoms with Crippen molar-refractivity contribution >= 4 is 0 Å². The Hall–Kier alpha value is -1.12. The predicted octanol–water partition coefficient (Wildman–Crippen LogP) is 3.76. The molecule has 0 aromatic carbocycles. The number of hydrogen-bond donors (Lipinski definition) is 0. The molecule has 0 spiro atoms. The lowest BCUT2D eigenvalue weighted by molar-refractivity contribution is -0.171. The summed E-state index contributed by atoms with van der Waals surface area (Å²) in [5, 5.41) is 0. The van der Waals surface area contributed by atoms with E-state index < -0.39 is 17.9 Å². The van der Waals surface area contributed by atoms with Crippen molar-refractivity contribution in [1.82, 2.24) is 0 Å². The minimum atomic E-state index is -5.46. The number of allylic oxidation sites excluding steroid dienone is 2. The van der Waals surface area contributed by atoms with Crippen LogP contribution in [-0.4, -0.2) is 12.4 Å². The van der Waals surface area contributed by atoms with Crippen LogP contribution < -0.4 is 0 Å². The normalized spacial score (nSPS) is 11.7. The summed E-state index contributed by atoms with van der Waals surface area (Å²) in [5.41, 5.74) is 0.329. The topological polar surface area (TPSA) is 0 Å². The molecule has 0 heterocycles. The minimum absolute atomic E-state index is 0.177. The number of halogens is 6. The van der Waals surface area contributed by atoms with E-state index in [1.807, 2.05) is 0 Å². The summed E-state index contributed by atoms with van der Waals surface area (Å²) in [6.45, 7) is 2.63. The number of rotatable bonds is 0. The zero-order chi connectivity index (χ0) is 11.6. The van der Waals surface area contributed by atoms with Gasteiger partial charge < -0.3 is 0 Å². The number of alkyl halides is 6. The second-order valence-corrected chi connectivity index (χ2v) is 2.62. The van der Waals surface area contributed by atoms with Crippen LogP contribution in [0.15, 0.2) is 22.6 Å². The molecule has 0 rings (SSSR count). The highest BCUT2D eigenvalue weighted by Crippen LogP contribution is 2.37. The molecule has 0 amide bonds. The Balaban J connectivity index is 5.62. The van der Waals surface area contributed by atoms with Crippen LogP contribution in [0.1, 0.15) is 13.8 Å². The summed E-state index contributed by atoms with van der Waals surface area (Å²) < 4.78 is 70.8. The largest absolute Gasteiger partial charge is 0.429 e. The summed E-state index contributed by atoms with van der Waals surface area (Å²) in [4.78, 5) is 0. The maximum atomic E-state index is 11.8. The third-order valence-corrected chi connectivity index (χ3v) is 1.00. The van der Waals surface area contributed by atoms with Crippen molar-refractivity contribution in [3.63, 3.8) is 0 Å². The Morgan fingerprint density at radius 1 is 0.786 bits per heavy atom. The first-order valence-corrected chi connectivity index (χ1v) is 3.38. The van der Waals surface area contributed by atoms with E-state index in [4.69, 9.17) is 0 Å². The third kappa shape index (κ3) is 4.21. The van der Waals surface area contributed by atoms with Crippen molar-refractivity contribution in [2.24, 2.45) is 0 Å². The van der Waals surface area contributed by atoms with Gasteiger partial charge in [-0.1, -0.05) is 11.5 Å². The first-order valence-electron chi connectivity index (χ1n) is 3.38. The van der Waals surface area contributed by atoms with Gasteiger partial charge in [-0.15, -0.1) is 0 Å². The SMILES string of the molecule is CC(C)=C=C=C(C(F)(F)F)C(F)(F)F. The molecule has 80 valence electrons. The van der Waals surface area contributed by atoms with Crippen LogP contribution in [0, 0.1) is 0 Å². The average molecular weight is 216 g/mol. The van der Waals surface area contributed by atoms with Gasteiger partial charge in [0.2, 0.25) is 0 Å². The Bertz CT molecular complexity index is 284. The maximum Gasteiger partial charge on any atom is 0.429 e. The van der Waals surface area contributed by atoms with E-state index in [1.54, 1.807) is 5.73 Å². The van der Waals surface area contributed by atoms with Gasteiger partial charge in [0.1, 0.15) is 0 Å². The molecule has 0 saturated heterocycles. The van der Waals surface area contributed by atoms with Crippen molar-refractivity contribution in [2.75, 3.05) is 0 Å². The van der Waals surface area contributed by atoms with Crippen molar-refractivity contribution in [2.45, 2.75) is 26.2 Å². The molecule has 14 heavy (non-hydrogen) atoms. The van der Waals surface area contributed by atoms with Gasteiger partial charge in [-0.25, -0.2) is 0 Å². The first kappa shape index (κ1) is 12.9. The summed E-state index contributed by atoms with van der Waals surface area (Å²) in [6.07, 6.45) is -10.9. The van der Waals surface area contributed by atoms with Gasteiger partial charge in [0.05, 0.1) is 0 Å². The van der Waals surface area contributed by atoms with E-state index in [-0.39, 0.29) is 5.57 Å². The van der Waals surface area contributed by atoms with Crippen molar-refractivity contribution < 1.29 is 26.3 Å². The highest BCUT2D eigenvalue weighted by molar-refractivity contribution is 5.15. The van der Waals surface area contributed by atoms with Crippen LogP contribution in [0.3, 0.4) is 0 Å². The minimum Gasteiger partial charge on any atom is -0.165 e. The summed E-state index contributed by atoms with van der Waals surface area (Å²) in [5.74, 6) is 0. The molecule has 0 unspecified atom stereocenters. The van der Waals surface area contributed by atoms with Crippen LogP contribution in [0.2, 0.25) is 0 Å². The fraction of sp³-hybridized carbons (Fsp3) is 0.500. The van der Waals surface area contributed by atoms with Gasteiger partial charge in [-0.05, 0) is 19.4 Å². The van der Waals surface area contributed by atoms with Crippen molar-refractivity contribution in [1.29, 1.82) is 0 Å². The van der Waals surface area contributed by atoms with Crippen molar-refractivity contribution in [3.8, 4) is 0 Å². The molecule has 0 aromatic rings. The lowest BCUT2D eigenvalue weighted by Gasteiger charge is -2.11. The van der Waals surface area contributed by atoms with Gasteiger partial charge in [0.15, 0.2) is 5.57 Å². The highest BCUT2D eigenvalue weighted by Gasteiger charge is 2.51. The summed E-state index contributed by atoms with van der Waals surface area (Å²) in [6, 6.07) is 0. The fourth-order valence-electron chi connectivity index (χ4n) is 0.490. The van der Waals surface area contributed by atoms with E-state index in [1.165, 1.54) is 13.8 Å². The first-order chi connectivity index (χ1) is 6.05. The van der Waals surface area contributed by atoms with Crippen LogP contribution in [0.5, 0.6) is 0 Å². The quantitative estimate of drug-likeness (QED) is 0.427. The van der Waals surface area contributed by atoms with Gasteiger partial charge in [-0.3, -0.25) is 0 Å². The molecule has 0 fully saturated rings. The molecule has 0 aliphatic heterocycles. The Morgan fingerprint density at radius 3 is 1.36 bits per heavy atom. The summed E-state index contributed by atoms with van der Waals surface area (Å²) in [7, 11) is 0. The molecule has 6 heteroatoms. The van der Waals surface area contributed by atoms with E-state index in [0.29, 0.717) is 0 Å². The lowest BCUT2D eigenvalue weighted by atomic mass is 10.2. The van der Waals surface area contributed by atoms with Crippen LogP contribution in [0.4, 0.5) is 26.3 Å². The smallest absolute Gasteiger partial charge is 0.165 e. The Kier molecular flexibility index (Phi) is 3.63.